The Balaban J connectivity index is 3.51. The third-order valence-corrected chi connectivity index (χ3v) is 2.28. The number of aliphatic hydroxyl groups is 1. The molecule has 1 atom stereocenters. The molecule has 2 N–H and O–H groups in total. The van der Waals surface area contributed by atoms with Crippen LogP contribution in [0.4, 0.5) is 0 Å². The van der Waals surface area contributed by atoms with Crippen LogP contribution in [0, 0.1) is 0 Å². The van der Waals surface area contributed by atoms with Gasteiger partial charge in [0, 0.05) is 5.54 Å². The maximum Gasteiger partial charge on any atom is 0.0610 e. The van der Waals surface area contributed by atoms with E-state index in [1.165, 1.54) is 19.3 Å². The Morgan fingerprint density at radius 2 is 2.00 bits per heavy atom. The van der Waals surface area contributed by atoms with Crippen molar-refractivity contribution in [2.75, 3.05) is 13.7 Å². The molecule has 11 heavy (non-hydrogen) atoms. The van der Waals surface area contributed by atoms with E-state index in [0.29, 0.717) is 0 Å². The van der Waals surface area contributed by atoms with Crippen molar-refractivity contribution in [1.82, 2.24) is 5.32 Å². The Hall–Kier alpha value is -0.0800. The minimum absolute atomic E-state index is 0.0603. The molecule has 0 amide bonds. The Bertz CT molecular complexity index is 89.6. The van der Waals surface area contributed by atoms with Crippen molar-refractivity contribution in [3.05, 3.63) is 0 Å². The highest BCUT2D eigenvalue weighted by Crippen LogP contribution is 2.12. The van der Waals surface area contributed by atoms with Gasteiger partial charge in [0.2, 0.25) is 0 Å². The molecule has 2 nitrogen and oxygen atoms in total. The first-order chi connectivity index (χ1) is 5.18. The van der Waals surface area contributed by atoms with Crippen LogP contribution in [0.2, 0.25) is 0 Å². The minimum Gasteiger partial charge on any atom is -0.394 e. The lowest BCUT2D eigenvalue weighted by molar-refractivity contribution is 0.171. The Morgan fingerprint density at radius 3 is 2.36 bits per heavy atom. The minimum atomic E-state index is -0.0603. The van der Waals surface area contributed by atoms with E-state index in [0.717, 1.165) is 6.42 Å². The molecule has 0 heterocycles. The van der Waals surface area contributed by atoms with Crippen molar-refractivity contribution < 1.29 is 5.11 Å². The number of aliphatic hydroxyl groups excluding tert-OH is 1. The van der Waals surface area contributed by atoms with Gasteiger partial charge >= 0.3 is 0 Å². The molecule has 0 saturated heterocycles. The molecule has 0 saturated carbocycles. The molecule has 0 aliphatic rings. The average molecular weight is 159 g/mol. The largest absolute Gasteiger partial charge is 0.394 e. The summed E-state index contributed by atoms with van der Waals surface area (Å²) >= 11 is 0. The van der Waals surface area contributed by atoms with Gasteiger partial charge in [-0.2, -0.15) is 0 Å². The highest BCUT2D eigenvalue weighted by molar-refractivity contribution is 4.79. The van der Waals surface area contributed by atoms with E-state index in [1.54, 1.807) is 0 Å². The van der Waals surface area contributed by atoms with Gasteiger partial charge in [0.1, 0.15) is 0 Å². The molecule has 0 aliphatic carbocycles. The number of likely N-dealkylation sites (N-methyl/N-ethyl adjacent to an activating group) is 1. The Labute approximate surface area is 70.0 Å². The summed E-state index contributed by atoms with van der Waals surface area (Å²) in [6, 6.07) is 0. The number of hydrogen-bond acceptors (Lipinski definition) is 2. The fourth-order valence-electron chi connectivity index (χ4n) is 1.05. The zero-order valence-electron chi connectivity index (χ0n) is 7.98. The highest BCUT2D eigenvalue weighted by Gasteiger charge is 2.18. The van der Waals surface area contributed by atoms with E-state index in [1.807, 2.05) is 7.05 Å². The van der Waals surface area contributed by atoms with Crippen LogP contribution in [-0.2, 0) is 0 Å². The van der Waals surface area contributed by atoms with Gasteiger partial charge < -0.3 is 10.4 Å². The topological polar surface area (TPSA) is 32.3 Å². The highest BCUT2D eigenvalue weighted by atomic mass is 16.3. The van der Waals surface area contributed by atoms with Crippen LogP contribution in [0.5, 0.6) is 0 Å². The van der Waals surface area contributed by atoms with Crippen molar-refractivity contribution in [2.45, 2.75) is 45.1 Å². The van der Waals surface area contributed by atoms with Gasteiger partial charge in [-0.25, -0.2) is 0 Å². The van der Waals surface area contributed by atoms with Gasteiger partial charge in [-0.3, -0.25) is 0 Å². The average Bonchev–Trinajstić information content (AvgIpc) is 2.05. The summed E-state index contributed by atoms with van der Waals surface area (Å²) in [5.41, 5.74) is -0.0603. The summed E-state index contributed by atoms with van der Waals surface area (Å²) in [5, 5.41) is 12.2. The standard InChI is InChI=1S/C9H21NO/c1-4-5-6-7-9(2,8-11)10-3/h10-11H,4-8H2,1-3H3. The van der Waals surface area contributed by atoms with Gasteiger partial charge in [-0.1, -0.05) is 26.2 Å². The van der Waals surface area contributed by atoms with Crippen molar-refractivity contribution in [3.8, 4) is 0 Å². The van der Waals surface area contributed by atoms with E-state index in [4.69, 9.17) is 5.11 Å². The molecule has 68 valence electrons. The fraction of sp³-hybridized carbons (Fsp3) is 1.00. The van der Waals surface area contributed by atoms with Crippen LogP contribution < -0.4 is 5.32 Å². The number of hydrogen-bond donors (Lipinski definition) is 2. The first-order valence-electron chi connectivity index (χ1n) is 4.48. The molecule has 0 spiro atoms. The molecule has 0 rings (SSSR count). The van der Waals surface area contributed by atoms with E-state index in [2.05, 4.69) is 19.2 Å². The second-order valence-electron chi connectivity index (χ2n) is 3.43. The lowest BCUT2D eigenvalue weighted by Gasteiger charge is -2.26. The molecule has 0 aliphatic heterocycles. The summed E-state index contributed by atoms with van der Waals surface area (Å²) in [5.74, 6) is 0. The number of rotatable bonds is 6. The lowest BCUT2D eigenvalue weighted by atomic mass is 9.96. The van der Waals surface area contributed by atoms with Gasteiger partial charge in [0.25, 0.3) is 0 Å². The van der Waals surface area contributed by atoms with E-state index in [-0.39, 0.29) is 12.1 Å². The lowest BCUT2D eigenvalue weighted by Crippen LogP contribution is -2.43. The first-order valence-corrected chi connectivity index (χ1v) is 4.48. The smallest absolute Gasteiger partial charge is 0.0610 e. The van der Waals surface area contributed by atoms with Crippen LogP contribution in [0.25, 0.3) is 0 Å². The number of nitrogens with one attached hydrogen (secondary N) is 1. The molecular weight excluding hydrogens is 138 g/mol. The van der Waals surface area contributed by atoms with Crippen LogP contribution >= 0.6 is 0 Å². The summed E-state index contributed by atoms with van der Waals surface area (Å²) in [6.45, 7) is 4.48. The quantitative estimate of drug-likeness (QED) is 0.576. The van der Waals surface area contributed by atoms with Crippen LogP contribution in [-0.4, -0.2) is 24.3 Å². The van der Waals surface area contributed by atoms with Crippen molar-refractivity contribution in [3.63, 3.8) is 0 Å². The van der Waals surface area contributed by atoms with Crippen molar-refractivity contribution in [2.24, 2.45) is 0 Å². The zero-order valence-corrected chi connectivity index (χ0v) is 7.98. The van der Waals surface area contributed by atoms with Gasteiger partial charge in [0.15, 0.2) is 0 Å². The number of unbranched alkanes of at least 4 members (excludes halogenated alkanes) is 2. The van der Waals surface area contributed by atoms with Crippen molar-refractivity contribution in [1.29, 1.82) is 0 Å². The molecule has 0 radical (unpaired) electrons. The van der Waals surface area contributed by atoms with Crippen molar-refractivity contribution >= 4 is 0 Å². The van der Waals surface area contributed by atoms with Gasteiger partial charge in [-0.15, -0.1) is 0 Å². The molecule has 0 aromatic rings. The summed E-state index contributed by atoms with van der Waals surface area (Å²) in [7, 11) is 1.90. The monoisotopic (exact) mass is 159 g/mol. The molecule has 0 aromatic heterocycles. The summed E-state index contributed by atoms with van der Waals surface area (Å²) in [6.07, 6.45) is 4.77. The second-order valence-corrected chi connectivity index (χ2v) is 3.43. The van der Waals surface area contributed by atoms with Crippen LogP contribution in [0.1, 0.15) is 39.5 Å². The van der Waals surface area contributed by atoms with Gasteiger partial charge in [0.05, 0.1) is 6.61 Å². The predicted octanol–water partition coefficient (Wildman–Crippen LogP) is 1.54. The van der Waals surface area contributed by atoms with Crippen LogP contribution in [0.3, 0.4) is 0 Å². The van der Waals surface area contributed by atoms with E-state index < -0.39 is 0 Å². The maximum absolute atomic E-state index is 9.02. The third kappa shape index (κ3) is 4.38. The normalized spacial score (nSPS) is 16.4. The molecule has 0 bridgehead atoms. The Kier molecular flexibility index (Phi) is 5.51. The van der Waals surface area contributed by atoms with Gasteiger partial charge in [-0.05, 0) is 20.4 Å². The van der Waals surface area contributed by atoms with E-state index >= 15 is 0 Å². The third-order valence-electron chi connectivity index (χ3n) is 2.28. The SMILES string of the molecule is CCCCCC(C)(CO)NC. The maximum atomic E-state index is 9.02. The molecule has 1 unspecified atom stereocenters. The fourth-order valence-corrected chi connectivity index (χ4v) is 1.05. The molecular formula is C9H21NO. The summed E-state index contributed by atoms with van der Waals surface area (Å²) in [4.78, 5) is 0. The summed E-state index contributed by atoms with van der Waals surface area (Å²) < 4.78 is 0. The molecule has 2 heteroatoms. The van der Waals surface area contributed by atoms with Crippen LogP contribution in [0.15, 0.2) is 0 Å². The predicted molar refractivity (Wildman–Crippen MR) is 48.7 cm³/mol. The molecule has 0 fully saturated rings. The Morgan fingerprint density at radius 1 is 1.36 bits per heavy atom. The second kappa shape index (κ2) is 5.56. The van der Waals surface area contributed by atoms with E-state index in [9.17, 15) is 0 Å². The molecule has 0 aromatic carbocycles. The zero-order chi connectivity index (χ0) is 8.74. The first kappa shape index (κ1) is 10.9.